The molecule has 5 heteroatoms. The van der Waals surface area contributed by atoms with Gasteiger partial charge in [-0.05, 0) is 37.5 Å². The maximum atomic E-state index is 13.0. The van der Waals surface area contributed by atoms with Crippen molar-refractivity contribution in [1.29, 1.82) is 0 Å². The second-order valence-electron chi connectivity index (χ2n) is 7.28. The van der Waals surface area contributed by atoms with Crippen molar-refractivity contribution in [3.8, 4) is 0 Å². The Morgan fingerprint density at radius 3 is 2.50 bits per heavy atom. The molecule has 0 aliphatic carbocycles. The zero-order valence-corrected chi connectivity index (χ0v) is 17.3. The molecular formula is C23H28N2O2S. The van der Waals surface area contributed by atoms with Gasteiger partial charge >= 0.3 is 0 Å². The molecule has 0 radical (unpaired) electrons. The molecule has 28 heavy (non-hydrogen) atoms. The van der Waals surface area contributed by atoms with Crippen LogP contribution in [-0.4, -0.2) is 35.6 Å². The second-order valence-corrected chi connectivity index (χ2v) is 8.27. The molecule has 2 aromatic carbocycles. The van der Waals surface area contributed by atoms with Crippen molar-refractivity contribution < 1.29 is 9.59 Å². The van der Waals surface area contributed by atoms with Gasteiger partial charge in [0.25, 0.3) is 5.91 Å². The summed E-state index contributed by atoms with van der Waals surface area (Å²) >= 11 is 1.58. The molecule has 1 saturated heterocycles. The first-order valence-corrected chi connectivity index (χ1v) is 11.1. The van der Waals surface area contributed by atoms with Crippen LogP contribution in [0.1, 0.15) is 47.2 Å². The van der Waals surface area contributed by atoms with Gasteiger partial charge in [-0.3, -0.25) is 9.59 Å². The van der Waals surface area contributed by atoms with Gasteiger partial charge in [-0.15, -0.1) is 11.8 Å². The van der Waals surface area contributed by atoms with Gasteiger partial charge in [0, 0.05) is 18.8 Å². The smallest absolute Gasteiger partial charge is 0.255 e. The average Bonchev–Trinajstić information content (AvgIpc) is 2.97. The molecule has 0 unspecified atom stereocenters. The number of rotatable bonds is 6. The van der Waals surface area contributed by atoms with E-state index in [9.17, 15) is 9.59 Å². The molecule has 148 valence electrons. The summed E-state index contributed by atoms with van der Waals surface area (Å²) < 4.78 is 0. The summed E-state index contributed by atoms with van der Waals surface area (Å²) in [5.74, 6) is 1.10. The van der Waals surface area contributed by atoms with Crippen LogP contribution in [0.5, 0.6) is 0 Å². The topological polar surface area (TPSA) is 49.4 Å². The number of benzene rings is 2. The fourth-order valence-corrected chi connectivity index (χ4v) is 4.25. The van der Waals surface area contributed by atoms with Gasteiger partial charge in [0.1, 0.15) is 0 Å². The largest absolute Gasteiger partial charge is 0.339 e. The minimum absolute atomic E-state index is 0.0187. The highest BCUT2D eigenvalue weighted by molar-refractivity contribution is 7.99. The summed E-state index contributed by atoms with van der Waals surface area (Å²) in [6.07, 6.45) is 4.46. The summed E-state index contributed by atoms with van der Waals surface area (Å²) in [5, 5.41) is 2.94. The van der Waals surface area contributed by atoms with E-state index in [4.69, 9.17) is 0 Å². The predicted octanol–water partition coefficient (Wildman–Crippen LogP) is 4.88. The molecule has 1 aliphatic rings. The molecule has 1 heterocycles. The first-order valence-electron chi connectivity index (χ1n) is 9.95. The van der Waals surface area contributed by atoms with Crippen molar-refractivity contribution in [2.75, 3.05) is 24.2 Å². The third kappa shape index (κ3) is 5.86. The molecule has 0 saturated carbocycles. The fourth-order valence-electron chi connectivity index (χ4n) is 3.47. The van der Waals surface area contributed by atoms with Gasteiger partial charge in [0.2, 0.25) is 5.91 Å². The van der Waals surface area contributed by atoms with Gasteiger partial charge in [0.05, 0.1) is 17.0 Å². The van der Waals surface area contributed by atoms with E-state index in [0.717, 1.165) is 31.7 Å². The van der Waals surface area contributed by atoms with Gasteiger partial charge in [0.15, 0.2) is 0 Å². The van der Waals surface area contributed by atoms with Crippen LogP contribution in [0.3, 0.4) is 0 Å². The molecule has 0 bridgehead atoms. The molecule has 1 fully saturated rings. The Morgan fingerprint density at radius 2 is 1.75 bits per heavy atom. The lowest BCUT2D eigenvalue weighted by Crippen LogP contribution is -2.32. The maximum Gasteiger partial charge on any atom is 0.255 e. The van der Waals surface area contributed by atoms with Crippen molar-refractivity contribution in [2.24, 2.45) is 0 Å². The van der Waals surface area contributed by atoms with Crippen molar-refractivity contribution in [3.05, 3.63) is 65.2 Å². The fraction of sp³-hybridized carbons (Fsp3) is 0.391. The number of nitrogens with zero attached hydrogens (tertiary/aromatic N) is 1. The first-order chi connectivity index (χ1) is 13.6. The number of para-hydroxylation sites is 1. The molecule has 4 nitrogen and oxygen atoms in total. The number of hydrogen-bond donors (Lipinski definition) is 1. The lowest BCUT2D eigenvalue weighted by Gasteiger charge is -2.22. The Hall–Kier alpha value is -2.27. The summed E-state index contributed by atoms with van der Waals surface area (Å²) in [7, 11) is 0. The lowest BCUT2D eigenvalue weighted by atomic mass is 10.1. The number of likely N-dealkylation sites (tertiary alicyclic amines) is 1. The summed E-state index contributed by atoms with van der Waals surface area (Å²) in [5.41, 5.74) is 3.64. The van der Waals surface area contributed by atoms with E-state index < -0.39 is 0 Å². The molecule has 0 spiro atoms. The van der Waals surface area contributed by atoms with E-state index in [1.165, 1.54) is 24.0 Å². The number of carbonyl (C=O) groups is 2. The number of thioether (sulfide) groups is 1. The molecule has 0 atom stereocenters. The molecule has 0 aromatic heterocycles. The number of carbonyl (C=O) groups excluding carboxylic acids is 2. The van der Waals surface area contributed by atoms with Crippen LogP contribution < -0.4 is 5.32 Å². The van der Waals surface area contributed by atoms with Gasteiger partial charge in [-0.1, -0.05) is 54.8 Å². The molecule has 2 amide bonds. The van der Waals surface area contributed by atoms with Crippen molar-refractivity contribution >= 4 is 29.3 Å². The van der Waals surface area contributed by atoms with Crippen LogP contribution in [0, 0.1) is 6.92 Å². The van der Waals surface area contributed by atoms with E-state index in [1.807, 2.05) is 35.2 Å². The molecule has 3 rings (SSSR count). The molecule has 2 aromatic rings. The Bertz CT molecular complexity index is 814. The Morgan fingerprint density at radius 1 is 1.00 bits per heavy atom. The van der Waals surface area contributed by atoms with Crippen molar-refractivity contribution in [1.82, 2.24) is 4.90 Å². The zero-order valence-electron chi connectivity index (χ0n) is 16.4. The Balaban J connectivity index is 1.57. The highest BCUT2D eigenvalue weighted by Crippen LogP contribution is 2.21. The van der Waals surface area contributed by atoms with Crippen LogP contribution in [0.4, 0.5) is 5.69 Å². The van der Waals surface area contributed by atoms with E-state index in [0.29, 0.717) is 17.0 Å². The summed E-state index contributed by atoms with van der Waals surface area (Å²) in [6.45, 7) is 3.67. The minimum Gasteiger partial charge on any atom is -0.339 e. The van der Waals surface area contributed by atoms with Gasteiger partial charge in [-0.2, -0.15) is 0 Å². The van der Waals surface area contributed by atoms with Crippen LogP contribution >= 0.6 is 11.8 Å². The maximum absolute atomic E-state index is 13.0. The van der Waals surface area contributed by atoms with E-state index in [2.05, 4.69) is 30.4 Å². The van der Waals surface area contributed by atoms with Crippen LogP contribution in [0.15, 0.2) is 48.5 Å². The first kappa shape index (κ1) is 20.5. The quantitative estimate of drug-likeness (QED) is 0.757. The lowest BCUT2D eigenvalue weighted by molar-refractivity contribution is -0.113. The summed E-state index contributed by atoms with van der Waals surface area (Å²) in [4.78, 5) is 27.3. The average molecular weight is 397 g/mol. The second kappa shape index (κ2) is 10.3. The van der Waals surface area contributed by atoms with Crippen molar-refractivity contribution in [2.45, 2.75) is 38.4 Å². The van der Waals surface area contributed by atoms with Crippen LogP contribution in [-0.2, 0) is 10.5 Å². The molecule has 1 N–H and O–H groups in total. The number of hydrogen-bond acceptors (Lipinski definition) is 3. The number of nitrogens with one attached hydrogen (secondary N) is 1. The van der Waals surface area contributed by atoms with Crippen LogP contribution in [0.2, 0.25) is 0 Å². The minimum atomic E-state index is -0.0752. The Kier molecular flexibility index (Phi) is 7.54. The number of amides is 2. The third-order valence-electron chi connectivity index (χ3n) is 4.91. The van der Waals surface area contributed by atoms with Gasteiger partial charge < -0.3 is 10.2 Å². The standard InChI is InChI=1S/C23H28N2O2S/c1-18-9-8-10-19(15-18)16-28-17-22(26)24-21-12-5-4-11-20(21)23(27)25-13-6-2-3-7-14-25/h4-5,8-12,15H,2-3,6-7,13-14,16-17H2,1H3,(H,24,26). The van der Waals surface area contributed by atoms with Crippen molar-refractivity contribution in [3.63, 3.8) is 0 Å². The van der Waals surface area contributed by atoms with E-state index in [-0.39, 0.29) is 11.8 Å². The summed E-state index contributed by atoms with van der Waals surface area (Å²) in [6, 6.07) is 15.7. The highest BCUT2D eigenvalue weighted by atomic mass is 32.2. The SMILES string of the molecule is Cc1cccc(CSCC(=O)Nc2ccccc2C(=O)N2CCCCCC2)c1. The van der Waals surface area contributed by atoms with Crippen LogP contribution in [0.25, 0.3) is 0 Å². The number of anilines is 1. The Labute approximate surface area is 171 Å². The highest BCUT2D eigenvalue weighted by Gasteiger charge is 2.20. The third-order valence-corrected chi connectivity index (χ3v) is 5.91. The van der Waals surface area contributed by atoms with E-state index >= 15 is 0 Å². The zero-order chi connectivity index (χ0) is 19.8. The monoisotopic (exact) mass is 396 g/mol. The number of aryl methyl sites for hydroxylation is 1. The van der Waals surface area contributed by atoms with Gasteiger partial charge in [-0.25, -0.2) is 0 Å². The normalized spacial score (nSPS) is 14.4. The molecular weight excluding hydrogens is 368 g/mol. The van der Waals surface area contributed by atoms with E-state index in [1.54, 1.807) is 11.8 Å². The molecule has 1 aliphatic heterocycles. The predicted molar refractivity (Wildman–Crippen MR) is 117 cm³/mol.